The van der Waals surface area contributed by atoms with Gasteiger partial charge in [0.15, 0.2) is 0 Å². The monoisotopic (exact) mass is 354 g/mol. The molecular formula is C15H13Cl2FN4O. The molecule has 0 aromatic heterocycles. The van der Waals surface area contributed by atoms with E-state index in [1.807, 2.05) is 0 Å². The first-order valence-electron chi connectivity index (χ1n) is 6.44. The van der Waals surface area contributed by atoms with Crippen LogP contribution in [0.25, 0.3) is 0 Å². The molecule has 0 radical (unpaired) electrons. The smallest absolute Gasteiger partial charge is 0.211 e. The highest BCUT2D eigenvalue weighted by atomic mass is 35.5. The fraction of sp³-hybridized carbons (Fsp3) is 0.0667. The number of nitrogens with two attached hydrogens (primary N) is 2. The SMILES string of the molecule is NC(N)=NN=Cc1cc(Cl)ccc1OCc1ccc(F)cc1Cl. The van der Waals surface area contributed by atoms with Gasteiger partial charge in [-0.2, -0.15) is 5.10 Å². The molecule has 0 bridgehead atoms. The van der Waals surface area contributed by atoms with Crippen LogP contribution < -0.4 is 16.2 Å². The molecule has 23 heavy (non-hydrogen) atoms. The second kappa shape index (κ2) is 7.80. The van der Waals surface area contributed by atoms with E-state index < -0.39 is 5.82 Å². The third-order valence-corrected chi connectivity index (χ3v) is 3.33. The van der Waals surface area contributed by atoms with Crippen LogP contribution in [0.1, 0.15) is 11.1 Å². The lowest BCUT2D eigenvalue weighted by Gasteiger charge is -2.10. The van der Waals surface area contributed by atoms with Crippen LogP contribution in [0.4, 0.5) is 4.39 Å². The van der Waals surface area contributed by atoms with Gasteiger partial charge in [-0.05, 0) is 30.3 Å². The molecule has 0 aliphatic heterocycles. The second-order valence-corrected chi connectivity index (χ2v) is 5.32. The molecule has 0 saturated carbocycles. The third-order valence-electron chi connectivity index (χ3n) is 2.74. The topological polar surface area (TPSA) is 86.0 Å². The first kappa shape index (κ1) is 17.1. The normalized spacial score (nSPS) is 10.7. The average Bonchev–Trinajstić information content (AvgIpc) is 2.47. The molecule has 0 unspecified atom stereocenters. The second-order valence-electron chi connectivity index (χ2n) is 4.48. The van der Waals surface area contributed by atoms with Crippen molar-refractivity contribution in [3.63, 3.8) is 0 Å². The Morgan fingerprint density at radius 3 is 2.65 bits per heavy atom. The van der Waals surface area contributed by atoms with Gasteiger partial charge in [0.1, 0.15) is 18.2 Å². The Kier molecular flexibility index (Phi) is 5.78. The molecule has 120 valence electrons. The predicted molar refractivity (Wildman–Crippen MR) is 90.6 cm³/mol. The van der Waals surface area contributed by atoms with Gasteiger partial charge in [0.05, 0.1) is 11.2 Å². The molecule has 0 fully saturated rings. The zero-order valence-corrected chi connectivity index (χ0v) is 13.4. The van der Waals surface area contributed by atoms with Crippen molar-refractivity contribution in [1.29, 1.82) is 0 Å². The highest BCUT2D eigenvalue weighted by molar-refractivity contribution is 6.31. The number of halogens is 3. The first-order valence-corrected chi connectivity index (χ1v) is 7.19. The van der Waals surface area contributed by atoms with E-state index >= 15 is 0 Å². The lowest BCUT2D eigenvalue weighted by molar-refractivity contribution is 0.305. The Bertz CT molecular complexity index is 761. The molecule has 0 aliphatic rings. The van der Waals surface area contributed by atoms with Gasteiger partial charge in [-0.15, -0.1) is 5.10 Å². The van der Waals surface area contributed by atoms with Crippen molar-refractivity contribution in [2.45, 2.75) is 6.61 Å². The highest BCUT2D eigenvalue weighted by Gasteiger charge is 2.06. The molecule has 4 N–H and O–H groups in total. The molecule has 8 heteroatoms. The minimum absolute atomic E-state index is 0.157. The largest absolute Gasteiger partial charge is 0.488 e. The molecule has 5 nitrogen and oxygen atoms in total. The summed E-state index contributed by atoms with van der Waals surface area (Å²) in [5, 5.41) is 8.03. The van der Waals surface area contributed by atoms with Crippen LogP contribution in [0.5, 0.6) is 5.75 Å². The average molecular weight is 355 g/mol. The van der Waals surface area contributed by atoms with Gasteiger partial charge in [0, 0.05) is 16.1 Å². The maximum absolute atomic E-state index is 13.0. The molecule has 0 spiro atoms. The maximum Gasteiger partial charge on any atom is 0.211 e. The number of hydrogen-bond acceptors (Lipinski definition) is 3. The predicted octanol–water partition coefficient (Wildman–Crippen LogP) is 3.32. The van der Waals surface area contributed by atoms with Crippen molar-refractivity contribution in [3.05, 3.63) is 63.4 Å². The lowest BCUT2D eigenvalue weighted by Crippen LogP contribution is -2.21. The Balaban J connectivity index is 2.19. The zero-order valence-electron chi connectivity index (χ0n) is 11.8. The lowest BCUT2D eigenvalue weighted by atomic mass is 10.2. The van der Waals surface area contributed by atoms with E-state index in [1.165, 1.54) is 18.3 Å². The van der Waals surface area contributed by atoms with Crippen LogP contribution in [-0.2, 0) is 6.61 Å². The summed E-state index contributed by atoms with van der Waals surface area (Å²) in [7, 11) is 0. The van der Waals surface area contributed by atoms with Crippen molar-refractivity contribution in [2.75, 3.05) is 0 Å². The van der Waals surface area contributed by atoms with E-state index in [-0.39, 0.29) is 17.6 Å². The number of nitrogens with zero attached hydrogens (tertiary/aromatic N) is 2. The highest BCUT2D eigenvalue weighted by Crippen LogP contribution is 2.24. The van der Waals surface area contributed by atoms with Crippen molar-refractivity contribution >= 4 is 35.4 Å². The van der Waals surface area contributed by atoms with Gasteiger partial charge in [-0.1, -0.05) is 29.3 Å². The summed E-state index contributed by atoms with van der Waals surface area (Å²) in [6.07, 6.45) is 1.41. The summed E-state index contributed by atoms with van der Waals surface area (Å²) in [6.45, 7) is 0.157. The molecule has 2 aromatic rings. The Morgan fingerprint density at radius 1 is 1.17 bits per heavy atom. The minimum Gasteiger partial charge on any atom is -0.488 e. The minimum atomic E-state index is -0.407. The van der Waals surface area contributed by atoms with Crippen molar-refractivity contribution in [2.24, 2.45) is 21.7 Å². The molecule has 0 aliphatic carbocycles. The third kappa shape index (κ3) is 5.12. The van der Waals surface area contributed by atoms with Crippen molar-refractivity contribution in [3.8, 4) is 5.75 Å². The Hall–Kier alpha value is -2.31. The van der Waals surface area contributed by atoms with Crippen LogP contribution in [0.15, 0.2) is 46.6 Å². The van der Waals surface area contributed by atoms with Crippen LogP contribution in [0.3, 0.4) is 0 Å². The van der Waals surface area contributed by atoms with E-state index in [0.717, 1.165) is 0 Å². The van der Waals surface area contributed by atoms with Crippen molar-refractivity contribution in [1.82, 2.24) is 0 Å². The van der Waals surface area contributed by atoms with Crippen molar-refractivity contribution < 1.29 is 9.13 Å². The maximum atomic E-state index is 13.0. The number of benzene rings is 2. The van der Waals surface area contributed by atoms with Crippen LogP contribution in [0.2, 0.25) is 10.0 Å². The fourth-order valence-electron chi connectivity index (χ4n) is 1.70. The molecule has 0 heterocycles. The van der Waals surface area contributed by atoms with Gasteiger partial charge >= 0.3 is 0 Å². The summed E-state index contributed by atoms with van der Waals surface area (Å²) in [6, 6.07) is 9.09. The number of hydrogen-bond donors (Lipinski definition) is 2. The van der Waals surface area contributed by atoms with Gasteiger partial charge in [0.2, 0.25) is 5.96 Å². The number of ether oxygens (including phenoxy) is 1. The summed E-state index contributed by atoms with van der Waals surface area (Å²) in [5.74, 6) is -0.0662. The summed E-state index contributed by atoms with van der Waals surface area (Å²) in [5.41, 5.74) is 11.6. The molecule has 0 amide bonds. The van der Waals surface area contributed by atoms with E-state index in [1.54, 1.807) is 24.3 Å². The van der Waals surface area contributed by atoms with Crippen LogP contribution >= 0.6 is 23.2 Å². The quantitative estimate of drug-likeness (QED) is 0.490. The van der Waals surface area contributed by atoms with Gasteiger partial charge in [0.25, 0.3) is 0 Å². The first-order chi connectivity index (χ1) is 11.0. The van der Waals surface area contributed by atoms with Gasteiger partial charge in [-0.3, -0.25) is 0 Å². The Morgan fingerprint density at radius 2 is 1.96 bits per heavy atom. The zero-order chi connectivity index (χ0) is 16.8. The summed E-state index contributed by atoms with van der Waals surface area (Å²) < 4.78 is 18.7. The van der Waals surface area contributed by atoms with Gasteiger partial charge in [-0.25, -0.2) is 4.39 Å². The standard InChI is InChI=1S/C15H13Cl2FN4O/c16-11-2-4-14(10(5-11)7-21-22-15(19)20)23-8-9-1-3-12(18)6-13(9)17/h1-7H,8H2,(H4,19,20,22). The van der Waals surface area contributed by atoms with E-state index in [9.17, 15) is 4.39 Å². The number of rotatable bonds is 5. The molecule has 0 saturated heterocycles. The van der Waals surface area contributed by atoms with Crippen LogP contribution in [0, 0.1) is 5.82 Å². The summed E-state index contributed by atoms with van der Waals surface area (Å²) >= 11 is 11.9. The Labute approximate surface area is 142 Å². The molecule has 2 aromatic carbocycles. The molecule has 2 rings (SSSR count). The fourth-order valence-corrected chi connectivity index (χ4v) is 2.11. The van der Waals surface area contributed by atoms with E-state index in [0.29, 0.717) is 21.9 Å². The molecular weight excluding hydrogens is 342 g/mol. The van der Waals surface area contributed by atoms with E-state index in [4.69, 9.17) is 39.4 Å². The van der Waals surface area contributed by atoms with E-state index in [2.05, 4.69) is 10.2 Å². The van der Waals surface area contributed by atoms with Crippen LogP contribution in [-0.4, -0.2) is 12.2 Å². The van der Waals surface area contributed by atoms with Gasteiger partial charge < -0.3 is 16.2 Å². The summed E-state index contributed by atoms with van der Waals surface area (Å²) in [4.78, 5) is 0. The number of guanidine groups is 1. The molecule has 0 atom stereocenters.